The van der Waals surface area contributed by atoms with Crippen molar-refractivity contribution in [2.45, 2.75) is 45.7 Å². The molecule has 0 radical (unpaired) electrons. The molecule has 7 heteroatoms. The molecule has 0 aliphatic carbocycles. The van der Waals surface area contributed by atoms with E-state index in [0.29, 0.717) is 5.69 Å². The van der Waals surface area contributed by atoms with E-state index >= 15 is 0 Å². The number of carbonyl (C=O) groups is 1. The van der Waals surface area contributed by atoms with Crippen LogP contribution in [0.2, 0.25) is 0 Å². The van der Waals surface area contributed by atoms with E-state index < -0.39 is 23.6 Å². The fourth-order valence-electron chi connectivity index (χ4n) is 2.66. The lowest BCUT2D eigenvalue weighted by Gasteiger charge is -2.24. The Labute approximate surface area is 145 Å². The van der Waals surface area contributed by atoms with Gasteiger partial charge in [0.25, 0.3) is 5.91 Å². The van der Waals surface area contributed by atoms with Crippen LogP contribution >= 0.6 is 0 Å². The Kier molecular flexibility index (Phi) is 5.65. The summed E-state index contributed by atoms with van der Waals surface area (Å²) in [6.07, 6.45) is -4.79. The molecule has 1 aromatic rings. The summed E-state index contributed by atoms with van der Waals surface area (Å²) in [4.78, 5) is 12.5. The molecule has 0 saturated carbocycles. The van der Waals surface area contributed by atoms with Gasteiger partial charge in [0.05, 0.1) is 0 Å². The molecule has 0 saturated heterocycles. The van der Waals surface area contributed by atoms with Crippen molar-refractivity contribution in [3.8, 4) is 0 Å². The minimum absolute atomic E-state index is 0.0913. The summed E-state index contributed by atoms with van der Waals surface area (Å²) in [5.74, 6) is -2.99. The number of hydrogen-bond donors (Lipinski definition) is 1. The third kappa shape index (κ3) is 4.27. The number of halogens is 3. The smallest absolute Gasteiger partial charge is 0.453 e. The van der Waals surface area contributed by atoms with Gasteiger partial charge in [-0.15, -0.1) is 0 Å². The molecular formula is C18H22F3NO3. The number of benzene rings is 1. The molecule has 0 unspecified atom stereocenters. The van der Waals surface area contributed by atoms with E-state index in [1.807, 2.05) is 45.9 Å². The molecule has 1 aliphatic heterocycles. The van der Waals surface area contributed by atoms with Crippen molar-refractivity contribution in [1.29, 1.82) is 0 Å². The van der Waals surface area contributed by atoms with Crippen LogP contribution in [0, 0.1) is 0 Å². The number of anilines is 1. The van der Waals surface area contributed by atoms with E-state index in [4.69, 9.17) is 4.74 Å². The number of hydrogen-bond acceptors (Lipinski definition) is 3. The normalized spacial score (nSPS) is 15.2. The average Bonchev–Trinajstić information content (AvgIpc) is 2.53. The fourth-order valence-corrected chi connectivity index (χ4v) is 2.66. The molecule has 1 N–H and O–H groups in total. The monoisotopic (exact) mass is 357 g/mol. The summed E-state index contributed by atoms with van der Waals surface area (Å²) in [5, 5.41) is 2.61. The second-order valence-electron chi connectivity index (χ2n) is 6.43. The van der Waals surface area contributed by atoms with E-state index in [0.717, 1.165) is 11.1 Å². The molecule has 0 aromatic heterocycles. The third-order valence-corrected chi connectivity index (χ3v) is 3.86. The van der Waals surface area contributed by atoms with E-state index in [1.165, 1.54) is 0 Å². The molecule has 2 rings (SSSR count). The van der Waals surface area contributed by atoms with Gasteiger partial charge in [-0.2, -0.15) is 13.2 Å². The van der Waals surface area contributed by atoms with Crippen LogP contribution in [-0.4, -0.2) is 25.3 Å². The van der Waals surface area contributed by atoms with Crippen molar-refractivity contribution in [2.75, 3.05) is 18.5 Å². The minimum atomic E-state index is -4.79. The van der Waals surface area contributed by atoms with Gasteiger partial charge in [0, 0.05) is 5.69 Å². The van der Waals surface area contributed by atoms with E-state index in [-0.39, 0.29) is 25.0 Å². The highest BCUT2D eigenvalue weighted by atomic mass is 19.4. The molecule has 1 aliphatic rings. The molecular weight excluding hydrogens is 335 g/mol. The van der Waals surface area contributed by atoms with Crippen LogP contribution < -0.4 is 5.32 Å². The second kappa shape index (κ2) is 7.37. The van der Waals surface area contributed by atoms with Crippen LogP contribution in [0.5, 0.6) is 0 Å². The van der Waals surface area contributed by atoms with Gasteiger partial charge in [-0.1, -0.05) is 45.9 Å². The summed E-state index contributed by atoms with van der Waals surface area (Å²) in [5.41, 5.74) is 2.23. The molecule has 1 heterocycles. The average molecular weight is 357 g/mol. The maximum absolute atomic E-state index is 13.1. The maximum atomic E-state index is 13.1. The fraction of sp³-hybridized carbons (Fsp3) is 0.500. The second-order valence-corrected chi connectivity index (χ2v) is 6.43. The highest BCUT2D eigenvalue weighted by molar-refractivity contribution is 6.03. The number of rotatable bonds is 4. The summed E-state index contributed by atoms with van der Waals surface area (Å²) >= 11 is 0. The molecule has 1 aromatic carbocycles. The van der Waals surface area contributed by atoms with Crippen molar-refractivity contribution in [2.24, 2.45) is 0 Å². The molecule has 1 amide bonds. The zero-order valence-corrected chi connectivity index (χ0v) is 14.7. The Morgan fingerprint density at radius 3 is 2.04 bits per heavy atom. The van der Waals surface area contributed by atoms with Crippen LogP contribution in [0.25, 0.3) is 0 Å². The van der Waals surface area contributed by atoms with Gasteiger partial charge in [-0.25, -0.2) is 0 Å². The minimum Gasteiger partial charge on any atom is -0.483 e. The largest absolute Gasteiger partial charge is 0.483 e. The van der Waals surface area contributed by atoms with Crippen LogP contribution in [0.15, 0.2) is 29.7 Å². The van der Waals surface area contributed by atoms with Crippen molar-refractivity contribution in [3.63, 3.8) is 0 Å². The number of alkyl halides is 3. The van der Waals surface area contributed by atoms with Crippen molar-refractivity contribution in [1.82, 2.24) is 0 Å². The molecule has 25 heavy (non-hydrogen) atoms. The van der Waals surface area contributed by atoms with Crippen molar-refractivity contribution < 1.29 is 27.4 Å². The SMILES string of the molecule is CC(C)c1cccc(C(C)C)c1NC(=O)C1=C(C(F)(F)F)OCCO1. The van der Waals surface area contributed by atoms with Gasteiger partial charge in [-0.05, 0) is 23.0 Å². The maximum Gasteiger partial charge on any atom is 0.453 e. The first kappa shape index (κ1) is 19.1. The number of amides is 1. The van der Waals surface area contributed by atoms with Crippen LogP contribution in [0.4, 0.5) is 18.9 Å². The van der Waals surface area contributed by atoms with E-state index in [1.54, 1.807) is 0 Å². The lowest BCUT2D eigenvalue weighted by atomic mass is 9.92. The van der Waals surface area contributed by atoms with Crippen LogP contribution in [0.3, 0.4) is 0 Å². The first-order valence-electron chi connectivity index (χ1n) is 8.14. The predicted molar refractivity (Wildman–Crippen MR) is 88.2 cm³/mol. The Morgan fingerprint density at radius 2 is 1.56 bits per heavy atom. The molecule has 4 nitrogen and oxygen atoms in total. The molecule has 0 bridgehead atoms. The van der Waals surface area contributed by atoms with Crippen molar-refractivity contribution in [3.05, 3.63) is 40.8 Å². The van der Waals surface area contributed by atoms with Gasteiger partial charge in [0.2, 0.25) is 11.5 Å². The molecule has 0 fully saturated rings. The predicted octanol–water partition coefficient (Wildman–Crippen LogP) is 4.69. The molecule has 0 atom stereocenters. The standard InChI is InChI=1S/C18H22F3NO3/c1-10(2)12-6-5-7-13(11(3)4)14(12)22-17(23)15-16(18(19,20)21)25-9-8-24-15/h5-7,10-11H,8-9H2,1-4H3,(H,22,23). The number of ether oxygens (including phenoxy) is 2. The van der Waals surface area contributed by atoms with E-state index in [2.05, 4.69) is 10.1 Å². The lowest BCUT2D eigenvalue weighted by molar-refractivity contribution is -0.151. The van der Waals surface area contributed by atoms with Crippen LogP contribution in [-0.2, 0) is 14.3 Å². The molecule has 138 valence electrons. The quantitative estimate of drug-likeness (QED) is 0.850. The zero-order valence-electron chi connectivity index (χ0n) is 14.7. The molecule has 0 spiro atoms. The zero-order chi connectivity index (χ0) is 18.8. The number of carbonyl (C=O) groups excluding carboxylic acids is 1. The van der Waals surface area contributed by atoms with Crippen LogP contribution in [0.1, 0.15) is 50.7 Å². The summed E-state index contributed by atoms with van der Waals surface area (Å²) in [6, 6.07) is 5.58. The Hall–Kier alpha value is -2.18. The van der Waals surface area contributed by atoms with E-state index in [9.17, 15) is 18.0 Å². The number of para-hydroxylation sites is 1. The van der Waals surface area contributed by atoms with Gasteiger partial charge >= 0.3 is 6.18 Å². The first-order valence-corrected chi connectivity index (χ1v) is 8.14. The first-order chi connectivity index (χ1) is 11.6. The Morgan fingerprint density at radius 1 is 1.04 bits per heavy atom. The van der Waals surface area contributed by atoms with Gasteiger partial charge in [0.1, 0.15) is 13.2 Å². The summed E-state index contributed by atoms with van der Waals surface area (Å²) in [6.45, 7) is 7.47. The lowest BCUT2D eigenvalue weighted by Crippen LogP contribution is -2.30. The Bertz CT molecular complexity index is 652. The topological polar surface area (TPSA) is 47.6 Å². The summed E-state index contributed by atoms with van der Waals surface area (Å²) < 4.78 is 48.8. The van der Waals surface area contributed by atoms with Gasteiger partial charge in [0.15, 0.2) is 0 Å². The highest BCUT2D eigenvalue weighted by Gasteiger charge is 2.43. The number of nitrogens with one attached hydrogen (secondary N) is 1. The number of allylic oxidation sites excluding steroid dienone is 1. The van der Waals surface area contributed by atoms with Gasteiger partial charge in [-0.3, -0.25) is 4.79 Å². The third-order valence-electron chi connectivity index (χ3n) is 3.86. The van der Waals surface area contributed by atoms with Gasteiger partial charge < -0.3 is 14.8 Å². The summed E-state index contributed by atoms with van der Waals surface area (Å²) in [7, 11) is 0. The van der Waals surface area contributed by atoms with Crippen molar-refractivity contribution >= 4 is 11.6 Å². The Balaban J connectivity index is 2.45. The highest BCUT2D eigenvalue weighted by Crippen LogP contribution is 2.35.